The maximum Gasteiger partial charge on any atom is 0.226 e. The molecule has 6 heteroatoms. The number of carbonyl (C=O) groups is 2. The van der Waals surface area contributed by atoms with Gasteiger partial charge in [0.25, 0.3) is 0 Å². The van der Waals surface area contributed by atoms with Gasteiger partial charge in [-0.15, -0.1) is 0 Å². The minimum atomic E-state index is -0.201. The predicted octanol–water partition coefficient (Wildman–Crippen LogP) is 4.89. The molecule has 0 spiro atoms. The number of hydrogen-bond acceptors (Lipinski definition) is 3. The summed E-state index contributed by atoms with van der Waals surface area (Å²) >= 11 is 6.27. The van der Waals surface area contributed by atoms with Crippen molar-refractivity contribution in [3.8, 4) is 0 Å². The van der Waals surface area contributed by atoms with Crippen LogP contribution in [-0.4, -0.2) is 23.3 Å². The average Bonchev–Trinajstić information content (AvgIpc) is 2.64. The summed E-state index contributed by atoms with van der Waals surface area (Å²) in [5.41, 5.74) is 3.98. The maximum atomic E-state index is 12.5. The number of pyridine rings is 1. The number of halogens is 1. The van der Waals surface area contributed by atoms with E-state index in [2.05, 4.69) is 10.3 Å². The first-order valence-corrected chi connectivity index (χ1v) is 9.43. The molecule has 2 amide bonds. The Morgan fingerprint density at radius 1 is 1.14 bits per heavy atom. The number of hydrogen-bond donors (Lipinski definition) is 1. The highest BCUT2D eigenvalue weighted by Gasteiger charge is 2.17. The van der Waals surface area contributed by atoms with Gasteiger partial charge in [-0.25, -0.2) is 0 Å². The zero-order valence-corrected chi connectivity index (χ0v) is 16.9. The van der Waals surface area contributed by atoms with Crippen LogP contribution in [0, 0.1) is 13.8 Å². The molecule has 0 fully saturated rings. The normalized spacial score (nSPS) is 10.7. The van der Waals surface area contributed by atoms with Gasteiger partial charge in [-0.05, 0) is 43.2 Å². The summed E-state index contributed by atoms with van der Waals surface area (Å²) in [6.07, 6.45) is 1.84. The van der Waals surface area contributed by atoms with E-state index >= 15 is 0 Å². The summed E-state index contributed by atoms with van der Waals surface area (Å²) in [4.78, 5) is 30.7. The zero-order chi connectivity index (χ0) is 20.3. The Hall–Kier alpha value is -2.92. The summed E-state index contributed by atoms with van der Waals surface area (Å²) in [7, 11) is 0. The molecule has 3 rings (SSSR count). The molecule has 0 aliphatic carbocycles. The van der Waals surface area contributed by atoms with E-state index in [0.717, 1.165) is 22.0 Å². The Balaban J connectivity index is 1.77. The number of rotatable bonds is 5. The molecule has 2 aromatic carbocycles. The molecule has 0 radical (unpaired) electrons. The van der Waals surface area contributed by atoms with Crippen molar-refractivity contribution < 1.29 is 9.59 Å². The molecule has 1 heterocycles. The topological polar surface area (TPSA) is 62.3 Å². The number of aromatic nitrogens is 1. The Kier molecular flexibility index (Phi) is 5.95. The van der Waals surface area contributed by atoms with Gasteiger partial charge in [0.05, 0.1) is 21.9 Å². The molecule has 0 saturated heterocycles. The molecule has 0 atom stereocenters. The number of nitrogens with one attached hydrogen (secondary N) is 1. The quantitative estimate of drug-likeness (QED) is 0.669. The molecule has 0 unspecified atom stereocenters. The van der Waals surface area contributed by atoms with Crippen LogP contribution in [0.5, 0.6) is 0 Å². The predicted molar refractivity (Wildman–Crippen MR) is 114 cm³/mol. The third-order valence-electron chi connectivity index (χ3n) is 4.54. The van der Waals surface area contributed by atoms with Crippen molar-refractivity contribution in [2.75, 3.05) is 16.8 Å². The summed E-state index contributed by atoms with van der Waals surface area (Å²) in [5, 5.41) is 4.31. The van der Waals surface area contributed by atoms with Gasteiger partial charge in [0.1, 0.15) is 0 Å². The van der Waals surface area contributed by atoms with Crippen LogP contribution in [0.3, 0.4) is 0 Å². The van der Waals surface area contributed by atoms with Crippen LogP contribution in [0.2, 0.25) is 5.02 Å². The summed E-state index contributed by atoms with van der Waals surface area (Å²) in [5.74, 6) is -0.344. The Labute approximate surface area is 169 Å². The largest absolute Gasteiger partial charge is 0.324 e. The van der Waals surface area contributed by atoms with Gasteiger partial charge >= 0.3 is 0 Å². The molecule has 0 saturated carbocycles. The van der Waals surface area contributed by atoms with Crippen LogP contribution in [0.4, 0.5) is 11.4 Å². The lowest BCUT2D eigenvalue weighted by Gasteiger charge is -2.22. The van der Waals surface area contributed by atoms with Crippen LogP contribution in [0.25, 0.3) is 10.9 Å². The minimum absolute atomic E-state index is 0.143. The van der Waals surface area contributed by atoms with Crippen molar-refractivity contribution in [3.63, 3.8) is 0 Å². The number of anilines is 2. The molecule has 28 heavy (non-hydrogen) atoms. The number of aryl methyl sites for hydroxylation is 2. The molecular formula is C22H22ClN3O2. The van der Waals surface area contributed by atoms with Gasteiger partial charge in [0, 0.05) is 31.5 Å². The van der Waals surface area contributed by atoms with Crippen molar-refractivity contribution in [2.45, 2.75) is 27.2 Å². The van der Waals surface area contributed by atoms with Gasteiger partial charge in [-0.2, -0.15) is 0 Å². The van der Waals surface area contributed by atoms with E-state index in [1.165, 1.54) is 6.92 Å². The van der Waals surface area contributed by atoms with E-state index in [1.807, 2.05) is 56.3 Å². The molecule has 144 valence electrons. The fourth-order valence-corrected chi connectivity index (χ4v) is 3.61. The number of benzene rings is 2. The molecule has 5 nitrogen and oxygen atoms in total. The molecule has 1 aromatic heterocycles. The Morgan fingerprint density at radius 3 is 2.61 bits per heavy atom. The lowest BCUT2D eigenvalue weighted by Crippen LogP contribution is -2.32. The van der Waals surface area contributed by atoms with Crippen molar-refractivity contribution >= 4 is 45.7 Å². The van der Waals surface area contributed by atoms with Gasteiger partial charge in [-0.3, -0.25) is 14.6 Å². The monoisotopic (exact) mass is 395 g/mol. The lowest BCUT2D eigenvalue weighted by atomic mass is 10.1. The molecule has 1 N–H and O–H groups in total. The Morgan fingerprint density at radius 2 is 1.89 bits per heavy atom. The third-order valence-corrected chi connectivity index (χ3v) is 4.84. The van der Waals surface area contributed by atoms with Gasteiger partial charge in [0.2, 0.25) is 11.8 Å². The van der Waals surface area contributed by atoms with Crippen LogP contribution < -0.4 is 10.2 Å². The van der Waals surface area contributed by atoms with Crippen LogP contribution in [-0.2, 0) is 9.59 Å². The number of amides is 2. The molecule has 3 aromatic rings. The molecular weight excluding hydrogens is 374 g/mol. The van der Waals surface area contributed by atoms with Crippen LogP contribution >= 0.6 is 11.6 Å². The zero-order valence-electron chi connectivity index (χ0n) is 16.1. The van der Waals surface area contributed by atoms with Crippen LogP contribution in [0.1, 0.15) is 24.5 Å². The van der Waals surface area contributed by atoms with Crippen molar-refractivity contribution in [1.29, 1.82) is 0 Å². The summed E-state index contributed by atoms with van der Waals surface area (Å²) in [6, 6.07) is 13.2. The lowest BCUT2D eigenvalue weighted by molar-refractivity contribution is -0.117. The number of nitrogens with zero attached hydrogens (tertiary/aromatic N) is 2. The number of carbonyl (C=O) groups excluding carboxylic acids is 2. The second-order valence-corrected chi connectivity index (χ2v) is 7.17. The van der Waals surface area contributed by atoms with E-state index in [9.17, 15) is 9.59 Å². The van der Waals surface area contributed by atoms with Crippen molar-refractivity contribution in [2.24, 2.45) is 0 Å². The number of fused-ring (bicyclic) bond motifs is 1. The SMILES string of the molecule is CC(=O)N(CCC(=O)Nc1c(C)cc(C)cc1Cl)c1cccc2cccnc12. The second kappa shape index (κ2) is 8.40. The molecule has 0 aliphatic rings. The van der Waals surface area contributed by atoms with E-state index in [1.54, 1.807) is 11.1 Å². The van der Waals surface area contributed by atoms with E-state index in [-0.39, 0.29) is 24.8 Å². The smallest absolute Gasteiger partial charge is 0.226 e. The summed E-state index contributed by atoms with van der Waals surface area (Å²) < 4.78 is 0. The van der Waals surface area contributed by atoms with E-state index < -0.39 is 0 Å². The van der Waals surface area contributed by atoms with Crippen LogP contribution in [0.15, 0.2) is 48.7 Å². The van der Waals surface area contributed by atoms with E-state index in [4.69, 9.17) is 11.6 Å². The highest BCUT2D eigenvalue weighted by molar-refractivity contribution is 6.34. The highest BCUT2D eigenvalue weighted by Crippen LogP contribution is 2.28. The minimum Gasteiger partial charge on any atom is -0.324 e. The van der Waals surface area contributed by atoms with Gasteiger partial charge in [-0.1, -0.05) is 35.9 Å². The molecule has 0 aliphatic heterocycles. The number of para-hydroxylation sites is 1. The first-order valence-electron chi connectivity index (χ1n) is 9.05. The summed E-state index contributed by atoms with van der Waals surface area (Å²) in [6.45, 7) is 5.59. The maximum absolute atomic E-state index is 12.5. The van der Waals surface area contributed by atoms with Gasteiger partial charge in [0.15, 0.2) is 0 Å². The highest BCUT2D eigenvalue weighted by atomic mass is 35.5. The van der Waals surface area contributed by atoms with Crippen molar-refractivity contribution in [1.82, 2.24) is 4.98 Å². The second-order valence-electron chi connectivity index (χ2n) is 6.76. The fraction of sp³-hybridized carbons (Fsp3) is 0.227. The first kappa shape index (κ1) is 19.8. The third kappa shape index (κ3) is 4.31. The fourth-order valence-electron chi connectivity index (χ4n) is 3.24. The van der Waals surface area contributed by atoms with E-state index in [0.29, 0.717) is 16.4 Å². The first-order chi connectivity index (χ1) is 13.4. The standard InChI is InChI=1S/C22H22ClN3O2/c1-14-12-15(2)21(18(23)13-14)25-20(28)9-11-26(16(3)27)19-8-4-6-17-7-5-10-24-22(17)19/h4-8,10,12-13H,9,11H2,1-3H3,(H,25,28). The average molecular weight is 396 g/mol. The Bertz CT molecular complexity index is 1020. The van der Waals surface area contributed by atoms with Gasteiger partial charge < -0.3 is 10.2 Å². The molecule has 0 bridgehead atoms. The van der Waals surface area contributed by atoms with Crippen molar-refractivity contribution in [3.05, 3.63) is 64.8 Å².